The average molecular weight is 266 g/mol. The zero-order valence-electron chi connectivity index (χ0n) is 12.0. The van der Waals surface area contributed by atoms with Gasteiger partial charge in [0.05, 0.1) is 17.1 Å². The van der Waals surface area contributed by atoms with Gasteiger partial charge in [-0.15, -0.1) is 11.8 Å². The zero-order valence-corrected chi connectivity index (χ0v) is 12.9. The van der Waals surface area contributed by atoms with E-state index >= 15 is 0 Å². The molecule has 0 unspecified atom stereocenters. The quantitative estimate of drug-likeness (QED) is 0.910. The van der Waals surface area contributed by atoms with Crippen molar-refractivity contribution in [2.24, 2.45) is 0 Å². The number of nitrogens with zero attached hydrogens (tertiary/aromatic N) is 1. The fraction of sp³-hybridized carbons (Fsp3) is 0.571. The van der Waals surface area contributed by atoms with Crippen LogP contribution in [0.25, 0.3) is 0 Å². The maximum Gasteiger partial charge on any atom is 0.234 e. The largest absolute Gasteiger partial charge is 0.324 e. The number of aryl methyl sites for hydroxylation is 3. The first kappa shape index (κ1) is 15.0. The van der Waals surface area contributed by atoms with Crippen LogP contribution in [-0.2, 0) is 4.79 Å². The standard InChI is InChI=1S/C14H22N2OS/c1-9-7-10(2)15-11(3)13(9)16-12(17)8-18-14(4,5)6/h7H,8H2,1-6H3,(H,16,17). The van der Waals surface area contributed by atoms with Gasteiger partial charge in [-0.2, -0.15) is 0 Å². The van der Waals surface area contributed by atoms with Crippen LogP contribution in [0, 0.1) is 20.8 Å². The predicted octanol–water partition coefficient (Wildman–Crippen LogP) is 3.48. The molecule has 1 N–H and O–H groups in total. The van der Waals surface area contributed by atoms with E-state index in [9.17, 15) is 4.79 Å². The van der Waals surface area contributed by atoms with Gasteiger partial charge in [-0.05, 0) is 32.4 Å². The number of pyridine rings is 1. The molecule has 0 aliphatic carbocycles. The number of amides is 1. The summed E-state index contributed by atoms with van der Waals surface area (Å²) in [5.41, 5.74) is 3.77. The zero-order chi connectivity index (χ0) is 13.9. The number of nitrogens with one attached hydrogen (secondary N) is 1. The second-order valence-electron chi connectivity index (χ2n) is 5.49. The Hall–Kier alpha value is -1.03. The fourth-order valence-corrected chi connectivity index (χ4v) is 2.31. The summed E-state index contributed by atoms with van der Waals surface area (Å²) < 4.78 is 0.104. The van der Waals surface area contributed by atoms with E-state index < -0.39 is 0 Å². The van der Waals surface area contributed by atoms with E-state index in [1.807, 2.05) is 26.8 Å². The summed E-state index contributed by atoms with van der Waals surface area (Å²) in [6.45, 7) is 12.2. The van der Waals surface area contributed by atoms with E-state index in [2.05, 4.69) is 31.1 Å². The molecule has 100 valence electrons. The first-order valence-corrected chi connectivity index (χ1v) is 7.06. The van der Waals surface area contributed by atoms with E-state index in [0.29, 0.717) is 5.75 Å². The molecule has 18 heavy (non-hydrogen) atoms. The lowest BCUT2D eigenvalue weighted by Gasteiger charge is -2.18. The van der Waals surface area contributed by atoms with Crippen molar-refractivity contribution in [3.05, 3.63) is 23.0 Å². The second-order valence-corrected chi connectivity index (χ2v) is 7.29. The van der Waals surface area contributed by atoms with Crippen molar-refractivity contribution in [2.75, 3.05) is 11.1 Å². The van der Waals surface area contributed by atoms with Crippen molar-refractivity contribution in [2.45, 2.75) is 46.3 Å². The Morgan fingerprint density at radius 3 is 2.44 bits per heavy atom. The molecule has 1 aromatic rings. The van der Waals surface area contributed by atoms with Crippen LogP contribution < -0.4 is 5.32 Å². The maximum absolute atomic E-state index is 11.9. The first-order chi connectivity index (χ1) is 8.19. The third kappa shape index (κ3) is 4.69. The first-order valence-electron chi connectivity index (χ1n) is 6.08. The van der Waals surface area contributed by atoms with Crippen LogP contribution in [0.4, 0.5) is 5.69 Å². The summed E-state index contributed by atoms with van der Waals surface area (Å²) in [7, 11) is 0. The minimum atomic E-state index is 0.0341. The second kappa shape index (κ2) is 5.74. The topological polar surface area (TPSA) is 42.0 Å². The third-order valence-electron chi connectivity index (χ3n) is 2.43. The summed E-state index contributed by atoms with van der Waals surface area (Å²) in [5.74, 6) is 0.503. The third-order valence-corrected chi connectivity index (χ3v) is 3.70. The molecule has 0 saturated carbocycles. The van der Waals surface area contributed by atoms with Gasteiger partial charge in [0.1, 0.15) is 0 Å². The minimum Gasteiger partial charge on any atom is -0.324 e. The summed E-state index contributed by atoms with van der Waals surface area (Å²) in [4.78, 5) is 16.3. The lowest BCUT2D eigenvalue weighted by atomic mass is 10.1. The normalized spacial score (nSPS) is 11.4. The molecule has 0 radical (unpaired) electrons. The molecular weight excluding hydrogens is 244 g/mol. The molecule has 1 heterocycles. The van der Waals surface area contributed by atoms with Crippen LogP contribution in [0.3, 0.4) is 0 Å². The summed E-state index contributed by atoms with van der Waals surface area (Å²) >= 11 is 1.64. The van der Waals surface area contributed by atoms with Gasteiger partial charge in [-0.25, -0.2) is 0 Å². The number of carbonyl (C=O) groups excluding carboxylic acids is 1. The van der Waals surface area contributed by atoms with Gasteiger partial charge in [0.15, 0.2) is 0 Å². The molecule has 0 spiro atoms. The van der Waals surface area contributed by atoms with Crippen LogP contribution in [0.2, 0.25) is 0 Å². The Kier molecular flexibility index (Phi) is 4.79. The van der Waals surface area contributed by atoms with Crippen LogP contribution in [0.1, 0.15) is 37.7 Å². The van der Waals surface area contributed by atoms with Crippen molar-refractivity contribution in [1.82, 2.24) is 4.98 Å². The van der Waals surface area contributed by atoms with E-state index in [-0.39, 0.29) is 10.7 Å². The Morgan fingerprint density at radius 2 is 1.94 bits per heavy atom. The Labute approximate surface area is 114 Å². The smallest absolute Gasteiger partial charge is 0.234 e. The molecule has 1 aromatic heterocycles. The highest BCUT2D eigenvalue weighted by molar-refractivity contribution is 8.01. The van der Waals surface area contributed by atoms with Gasteiger partial charge in [0.25, 0.3) is 0 Å². The number of aromatic nitrogens is 1. The predicted molar refractivity (Wildman–Crippen MR) is 79.3 cm³/mol. The minimum absolute atomic E-state index is 0.0341. The highest BCUT2D eigenvalue weighted by Crippen LogP contribution is 2.24. The molecule has 0 fully saturated rings. The Balaban J connectivity index is 2.71. The van der Waals surface area contributed by atoms with Gasteiger partial charge in [-0.1, -0.05) is 20.8 Å². The molecule has 0 bridgehead atoms. The highest BCUT2D eigenvalue weighted by Gasteiger charge is 2.15. The molecular formula is C14H22N2OS. The molecule has 1 rings (SSSR count). The maximum atomic E-state index is 11.9. The molecule has 1 amide bonds. The van der Waals surface area contributed by atoms with Crippen LogP contribution >= 0.6 is 11.8 Å². The van der Waals surface area contributed by atoms with Gasteiger partial charge >= 0.3 is 0 Å². The van der Waals surface area contributed by atoms with Crippen molar-refractivity contribution in [3.8, 4) is 0 Å². The number of carbonyl (C=O) groups is 1. The molecule has 0 saturated heterocycles. The number of hydrogen-bond donors (Lipinski definition) is 1. The van der Waals surface area contributed by atoms with Gasteiger partial charge in [0.2, 0.25) is 5.91 Å². The highest BCUT2D eigenvalue weighted by atomic mass is 32.2. The molecule has 0 aromatic carbocycles. The lowest BCUT2D eigenvalue weighted by molar-refractivity contribution is -0.113. The van der Waals surface area contributed by atoms with Crippen molar-refractivity contribution < 1.29 is 4.79 Å². The van der Waals surface area contributed by atoms with Crippen LogP contribution in [0.5, 0.6) is 0 Å². The molecule has 0 atom stereocenters. The van der Waals surface area contributed by atoms with Crippen molar-refractivity contribution in [3.63, 3.8) is 0 Å². The van der Waals surface area contributed by atoms with Crippen LogP contribution in [0.15, 0.2) is 6.07 Å². The molecule has 0 aliphatic rings. The van der Waals surface area contributed by atoms with Crippen molar-refractivity contribution in [1.29, 1.82) is 0 Å². The van der Waals surface area contributed by atoms with Crippen LogP contribution in [-0.4, -0.2) is 21.4 Å². The number of hydrogen-bond acceptors (Lipinski definition) is 3. The van der Waals surface area contributed by atoms with Gasteiger partial charge < -0.3 is 5.32 Å². The van der Waals surface area contributed by atoms with E-state index in [1.54, 1.807) is 11.8 Å². The van der Waals surface area contributed by atoms with E-state index in [4.69, 9.17) is 0 Å². The van der Waals surface area contributed by atoms with Gasteiger partial charge in [-0.3, -0.25) is 9.78 Å². The molecule has 4 heteroatoms. The number of rotatable bonds is 3. The summed E-state index contributed by atoms with van der Waals surface area (Å²) in [6.07, 6.45) is 0. The Morgan fingerprint density at radius 1 is 1.33 bits per heavy atom. The number of anilines is 1. The molecule has 0 aliphatic heterocycles. The Bertz CT molecular complexity index is 427. The summed E-state index contributed by atoms with van der Waals surface area (Å²) in [6, 6.07) is 1.99. The van der Waals surface area contributed by atoms with E-state index in [1.165, 1.54) is 0 Å². The SMILES string of the molecule is Cc1cc(C)c(NC(=O)CSC(C)(C)C)c(C)n1. The lowest BCUT2D eigenvalue weighted by Crippen LogP contribution is -2.20. The number of thioether (sulfide) groups is 1. The monoisotopic (exact) mass is 266 g/mol. The van der Waals surface area contributed by atoms with Gasteiger partial charge in [0, 0.05) is 10.4 Å². The average Bonchev–Trinajstić information content (AvgIpc) is 2.19. The molecule has 3 nitrogen and oxygen atoms in total. The van der Waals surface area contributed by atoms with Crippen molar-refractivity contribution >= 4 is 23.4 Å². The summed E-state index contributed by atoms with van der Waals surface area (Å²) in [5, 5.41) is 2.96. The fourth-order valence-electron chi connectivity index (χ4n) is 1.67. The van der Waals surface area contributed by atoms with E-state index in [0.717, 1.165) is 22.6 Å².